The number of hydrogen-bond acceptors (Lipinski definition) is 4. The fourth-order valence-electron chi connectivity index (χ4n) is 1.10. The zero-order chi connectivity index (χ0) is 12.3. The van der Waals surface area contributed by atoms with E-state index in [2.05, 4.69) is 43.1 Å². The van der Waals surface area contributed by atoms with Gasteiger partial charge in [0.15, 0.2) is 0 Å². The summed E-state index contributed by atoms with van der Waals surface area (Å²) in [7, 11) is 4.14. The fraction of sp³-hybridized carbons (Fsp3) is 0.583. The van der Waals surface area contributed by atoms with Gasteiger partial charge >= 0.3 is 0 Å². The van der Waals surface area contributed by atoms with Crippen molar-refractivity contribution in [2.24, 2.45) is 0 Å². The quantitative estimate of drug-likeness (QED) is 0.814. The minimum atomic E-state index is 0.0847. The second-order valence-electron chi connectivity index (χ2n) is 4.99. The summed E-state index contributed by atoms with van der Waals surface area (Å²) in [6, 6.07) is 1.88. The number of nitrogens with one attached hydrogen (secondary N) is 1. The predicted molar refractivity (Wildman–Crippen MR) is 69.6 cm³/mol. The molecule has 0 spiro atoms. The molecule has 1 aromatic rings. The molecule has 0 atom stereocenters. The van der Waals surface area contributed by atoms with Gasteiger partial charge in [0.1, 0.15) is 5.82 Å². The van der Waals surface area contributed by atoms with E-state index in [4.69, 9.17) is 5.73 Å². The van der Waals surface area contributed by atoms with Crippen molar-refractivity contribution < 1.29 is 0 Å². The molecule has 3 N–H and O–H groups in total. The van der Waals surface area contributed by atoms with Crippen LogP contribution >= 0.6 is 0 Å². The highest BCUT2D eigenvalue weighted by atomic mass is 15.2. The molecule has 16 heavy (non-hydrogen) atoms. The van der Waals surface area contributed by atoms with Crippen LogP contribution < -0.4 is 11.1 Å². The van der Waals surface area contributed by atoms with Gasteiger partial charge in [-0.25, -0.2) is 4.98 Å². The van der Waals surface area contributed by atoms with Crippen molar-refractivity contribution >= 4 is 11.5 Å². The van der Waals surface area contributed by atoms with E-state index in [9.17, 15) is 0 Å². The molecule has 0 saturated carbocycles. The smallest absolute Gasteiger partial charge is 0.128 e. The number of nitrogens with zero attached hydrogens (tertiary/aromatic N) is 2. The first-order valence-electron chi connectivity index (χ1n) is 5.46. The average molecular weight is 222 g/mol. The summed E-state index contributed by atoms with van der Waals surface area (Å²) in [6.07, 6.45) is 1.79. The molecule has 0 aliphatic rings. The third kappa shape index (κ3) is 3.10. The maximum Gasteiger partial charge on any atom is 0.128 e. The van der Waals surface area contributed by atoms with Crippen molar-refractivity contribution in [2.75, 3.05) is 31.7 Å². The Bertz CT molecular complexity index is 358. The van der Waals surface area contributed by atoms with Crippen LogP contribution in [0.1, 0.15) is 19.4 Å². The molecule has 0 unspecified atom stereocenters. The van der Waals surface area contributed by atoms with E-state index in [0.29, 0.717) is 0 Å². The Labute approximate surface area is 97.9 Å². The summed E-state index contributed by atoms with van der Waals surface area (Å²) in [5, 5.41) is 3.30. The number of nitrogens with two attached hydrogens (primary N) is 1. The van der Waals surface area contributed by atoms with Gasteiger partial charge < -0.3 is 16.0 Å². The van der Waals surface area contributed by atoms with Crippen LogP contribution in [0, 0.1) is 6.92 Å². The lowest BCUT2D eigenvalue weighted by molar-refractivity contribution is 0.210. The van der Waals surface area contributed by atoms with Crippen LogP contribution in [0.2, 0.25) is 0 Å². The molecular weight excluding hydrogens is 200 g/mol. The van der Waals surface area contributed by atoms with Gasteiger partial charge in [0.05, 0.1) is 0 Å². The number of anilines is 2. The van der Waals surface area contributed by atoms with Crippen LogP contribution in [0.15, 0.2) is 12.3 Å². The highest BCUT2D eigenvalue weighted by Crippen LogP contribution is 2.16. The monoisotopic (exact) mass is 222 g/mol. The molecule has 90 valence electrons. The molecule has 0 aromatic carbocycles. The van der Waals surface area contributed by atoms with E-state index in [-0.39, 0.29) is 5.54 Å². The number of aryl methyl sites for hydroxylation is 1. The second-order valence-corrected chi connectivity index (χ2v) is 4.99. The Morgan fingerprint density at radius 3 is 2.56 bits per heavy atom. The Hall–Kier alpha value is -1.29. The Morgan fingerprint density at radius 2 is 2.06 bits per heavy atom. The van der Waals surface area contributed by atoms with Crippen molar-refractivity contribution in [3.63, 3.8) is 0 Å². The molecule has 0 amide bonds. The normalized spacial score (nSPS) is 11.9. The molecule has 0 radical (unpaired) electrons. The maximum absolute atomic E-state index is 5.83. The van der Waals surface area contributed by atoms with Crippen LogP contribution in [0.3, 0.4) is 0 Å². The second kappa shape index (κ2) is 4.70. The summed E-state index contributed by atoms with van der Waals surface area (Å²) in [6.45, 7) is 7.14. The summed E-state index contributed by atoms with van der Waals surface area (Å²) < 4.78 is 0. The predicted octanol–water partition coefficient (Wildman–Crippen LogP) is 1.72. The number of pyridine rings is 1. The standard InChI is InChI=1S/C12H22N4/c1-9-7-14-11(6-10(9)13)15-8-12(2,3)16(4)5/h6-7H,8H2,1-5H3,(H3,13,14,15). The molecule has 0 aliphatic heterocycles. The summed E-state index contributed by atoms with van der Waals surface area (Å²) in [4.78, 5) is 6.47. The first-order chi connectivity index (χ1) is 7.33. The minimum absolute atomic E-state index is 0.0847. The van der Waals surface area contributed by atoms with Gasteiger partial charge in [0.2, 0.25) is 0 Å². The topological polar surface area (TPSA) is 54.2 Å². The molecule has 0 fully saturated rings. The maximum atomic E-state index is 5.83. The molecule has 1 aromatic heterocycles. The molecule has 4 heteroatoms. The van der Waals surface area contributed by atoms with E-state index in [1.807, 2.05) is 13.0 Å². The van der Waals surface area contributed by atoms with E-state index < -0.39 is 0 Å². The number of likely N-dealkylation sites (N-methyl/N-ethyl adjacent to an activating group) is 1. The van der Waals surface area contributed by atoms with Gasteiger partial charge in [-0.1, -0.05) is 0 Å². The molecule has 4 nitrogen and oxygen atoms in total. The largest absolute Gasteiger partial charge is 0.398 e. The third-order valence-electron chi connectivity index (χ3n) is 3.06. The summed E-state index contributed by atoms with van der Waals surface area (Å²) >= 11 is 0. The van der Waals surface area contributed by atoms with E-state index >= 15 is 0 Å². The Morgan fingerprint density at radius 1 is 1.44 bits per heavy atom. The van der Waals surface area contributed by atoms with Crippen LogP contribution in [0.25, 0.3) is 0 Å². The molecular formula is C12H22N4. The molecule has 0 aliphatic carbocycles. The number of aromatic nitrogens is 1. The van der Waals surface area contributed by atoms with Crippen molar-refractivity contribution in [1.29, 1.82) is 0 Å². The van der Waals surface area contributed by atoms with Crippen molar-refractivity contribution in [3.05, 3.63) is 17.8 Å². The number of nitrogen functional groups attached to an aromatic ring is 1. The zero-order valence-electron chi connectivity index (χ0n) is 10.8. The lowest BCUT2D eigenvalue weighted by Gasteiger charge is -2.32. The highest BCUT2D eigenvalue weighted by Gasteiger charge is 2.19. The Balaban J connectivity index is 2.65. The van der Waals surface area contributed by atoms with Gasteiger partial charge in [-0.3, -0.25) is 0 Å². The van der Waals surface area contributed by atoms with Crippen LogP contribution in [-0.2, 0) is 0 Å². The Kier molecular flexibility index (Phi) is 3.75. The number of hydrogen-bond donors (Lipinski definition) is 2. The van der Waals surface area contributed by atoms with Crippen LogP contribution in [0.5, 0.6) is 0 Å². The average Bonchev–Trinajstić information content (AvgIpc) is 2.20. The number of rotatable bonds is 4. The fourth-order valence-corrected chi connectivity index (χ4v) is 1.10. The van der Waals surface area contributed by atoms with Crippen molar-refractivity contribution in [1.82, 2.24) is 9.88 Å². The van der Waals surface area contributed by atoms with Gasteiger partial charge in [-0.2, -0.15) is 0 Å². The minimum Gasteiger partial charge on any atom is -0.398 e. The van der Waals surface area contributed by atoms with Crippen molar-refractivity contribution in [2.45, 2.75) is 26.3 Å². The summed E-state index contributed by atoms with van der Waals surface area (Å²) in [5.74, 6) is 0.832. The van der Waals surface area contributed by atoms with E-state index in [1.54, 1.807) is 6.20 Å². The van der Waals surface area contributed by atoms with Gasteiger partial charge in [0, 0.05) is 30.0 Å². The summed E-state index contributed by atoms with van der Waals surface area (Å²) in [5.41, 5.74) is 7.70. The third-order valence-corrected chi connectivity index (χ3v) is 3.06. The highest BCUT2D eigenvalue weighted by molar-refractivity contribution is 5.53. The van der Waals surface area contributed by atoms with Crippen LogP contribution in [-0.4, -0.2) is 36.1 Å². The van der Waals surface area contributed by atoms with Crippen molar-refractivity contribution in [3.8, 4) is 0 Å². The zero-order valence-corrected chi connectivity index (χ0v) is 10.8. The first kappa shape index (κ1) is 12.8. The SMILES string of the molecule is Cc1cnc(NCC(C)(C)N(C)C)cc1N. The molecule has 1 rings (SSSR count). The van der Waals surface area contributed by atoms with Gasteiger partial charge in [-0.15, -0.1) is 0 Å². The first-order valence-corrected chi connectivity index (χ1v) is 5.46. The lowest BCUT2D eigenvalue weighted by atomic mass is 10.0. The van der Waals surface area contributed by atoms with E-state index in [0.717, 1.165) is 23.6 Å². The van der Waals surface area contributed by atoms with Crippen LogP contribution in [0.4, 0.5) is 11.5 Å². The molecule has 0 saturated heterocycles. The molecule has 0 bridgehead atoms. The van der Waals surface area contributed by atoms with Gasteiger partial charge in [-0.05, 0) is 40.4 Å². The molecule has 1 heterocycles. The van der Waals surface area contributed by atoms with E-state index in [1.165, 1.54) is 0 Å². The lowest BCUT2D eigenvalue weighted by Crippen LogP contribution is -2.44. The van der Waals surface area contributed by atoms with Gasteiger partial charge in [0.25, 0.3) is 0 Å².